The molecule has 1 heterocycles. The smallest absolute Gasteiger partial charge is 0.303 e. The fourth-order valence-corrected chi connectivity index (χ4v) is 4.34. The van der Waals surface area contributed by atoms with E-state index in [2.05, 4.69) is 10.1 Å². The highest BCUT2D eigenvalue weighted by molar-refractivity contribution is 7.99. The first-order chi connectivity index (χ1) is 13.8. The Kier molecular flexibility index (Phi) is 9.03. The van der Waals surface area contributed by atoms with Crippen LogP contribution in [-0.4, -0.2) is 41.9 Å². The van der Waals surface area contributed by atoms with Crippen LogP contribution in [0.2, 0.25) is 0 Å². The monoisotopic (exact) mass is 427 g/mol. The molecule has 0 saturated carbocycles. The average molecular weight is 428 g/mol. The molecule has 2 atom stereocenters. The van der Waals surface area contributed by atoms with E-state index in [1.165, 1.54) is 35.2 Å². The van der Waals surface area contributed by atoms with Crippen LogP contribution in [0, 0.1) is 11.6 Å². The number of unbranched alkanes of at least 4 members (excludes halogenated alkanes) is 4. The second-order valence-corrected chi connectivity index (χ2v) is 8.51. The summed E-state index contributed by atoms with van der Waals surface area (Å²) in [5.74, 6) is -1.49. The lowest BCUT2D eigenvalue weighted by atomic mass is 9.90. The number of aromatic nitrogens is 3. The van der Waals surface area contributed by atoms with Crippen molar-refractivity contribution in [3.63, 3.8) is 0 Å². The van der Waals surface area contributed by atoms with Gasteiger partial charge in [-0.25, -0.2) is 18.4 Å². The zero-order valence-electron chi connectivity index (χ0n) is 16.4. The molecule has 0 fully saturated rings. The third-order valence-corrected chi connectivity index (χ3v) is 6.26. The van der Waals surface area contributed by atoms with Crippen molar-refractivity contribution in [2.45, 2.75) is 62.8 Å². The highest BCUT2D eigenvalue weighted by atomic mass is 32.2. The molecule has 0 aliphatic heterocycles. The van der Waals surface area contributed by atoms with Crippen LogP contribution < -0.4 is 0 Å². The normalized spacial score (nSPS) is 14.5. The van der Waals surface area contributed by atoms with E-state index in [-0.39, 0.29) is 23.8 Å². The number of aliphatic carboxylic acids is 1. The van der Waals surface area contributed by atoms with E-state index < -0.39 is 23.2 Å². The Labute approximate surface area is 173 Å². The number of hydrogen-bond acceptors (Lipinski definition) is 5. The number of aliphatic hydroxyl groups is 1. The van der Waals surface area contributed by atoms with Crippen LogP contribution in [0.3, 0.4) is 0 Å². The van der Waals surface area contributed by atoms with Crippen LogP contribution in [0.4, 0.5) is 8.78 Å². The molecular weight excluding hydrogens is 400 g/mol. The molecule has 0 spiro atoms. The van der Waals surface area contributed by atoms with Crippen molar-refractivity contribution in [1.29, 1.82) is 0 Å². The summed E-state index contributed by atoms with van der Waals surface area (Å²) in [5.41, 5.74) is -1.56. The zero-order valence-corrected chi connectivity index (χ0v) is 17.2. The summed E-state index contributed by atoms with van der Waals surface area (Å²) in [4.78, 5) is 14.4. The third kappa shape index (κ3) is 7.08. The number of carbonyl (C=O) groups is 1. The molecule has 2 aromatic rings. The molecule has 0 aliphatic rings. The van der Waals surface area contributed by atoms with Gasteiger partial charge < -0.3 is 10.2 Å². The largest absolute Gasteiger partial charge is 0.481 e. The van der Waals surface area contributed by atoms with Crippen molar-refractivity contribution in [2.24, 2.45) is 0 Å². The van der Waals surface area contributed by atoms with Crippen LogP contribution in [0.15, 0.2) is 30.9 Å². The Morgan fingerprint density at radius 1 is 1.24 bits per heavy atom. The minimum absolute atomic E-state index is 0.00108. The maximum Gasteiger partial charge on any atom is 0.303 e. The molecule has 6 nitrogen and oxygen atoms in total. The minimum Gasteiger partial charge on any atom is -0.481 e. The summed E-state index contributed by atoms with van der Waals surface area (Å²) in [6.45, 7) is 1.82. The Bertz CT molecular complexity index is 776. The summed E-state index contributed by atoms with van der Waals surface area (Å²) < 4.78 is 29.2. The zero-order chi connectivity index (χ0) is 21.3. The van der Waals surface area contributed by atoms with Gasteiger partial charge in [0, 0.05) is 23.3 Å². The SMILES string of the molecule is C[C@@H](SCCCCCCCC(=O)O)[C@](O)(Cn1cncn1)c1ccc(F)cc1F. The van der Waals surface area contributed by atoms with E-state index in [9.17, 15) is 18.7 Å². The first-order valence-corrected chi connectivity index (χ1v) is 10.7. The number of carboxylic acids is 1. The van der Waals surface area contributed by atoms with Gasteiger partial charge in [0.1, 0.15) is 29.9 Å². The standard InChI is InChI=1S/C20H27F2N3O3S/c1-15(29-10-6-4-2-3-5-7-19(26)27)20(28,12-25-14-23-13-24-25)17-9-8-16(21)11-18(17)22/h8-9,11,13-15,28H,2-7,10,12H2,1H3,(H,26,27)/t15-,20-/m1/s1. The Morgan fingerprint density at radius 3 is 2.62 bits per heavy atom. The van der Waals surface area contributed by atoms with Crippen LogP contribution in [0.1, 0.15) is 51.0 Å². The molecule has 2 N–H and O–H groups in total. The number of thioether (sulfide) groups is 1. The maximum atomic E-state index is 14.5. The van der Waals surface area contributed by atoms with Crippen molar-refractivity contribution in [2.75, 3.05) is 5.75 Å². The Morgan fingerprint density at radius 2 is 1.97 bits per heavy atom. The molecule has 9 heteroatoms. The lowest BCUT2D eigenvalue weighted by molar-refractivity contribution is -0.137. The number of carboxylic acid groups (broad SMARTS) is 1. The maximum absolute atomic E-state index is 14.5. The van der Waals surface area contributed by atoms with Crippen LogP contribution in [0.25, 0.3) is 0 Å². The predicted octanol–water partition coefficient (Wildman–Crippen LogP) is 3.99. The molecule has 0 amide bonds. The van der Waals surface area contributed by atoms with E-state index >= 15 is 0 Å². The minimum atomic E-state index is -1.59. The predicted molar refractivity (Wildman–Crippen MR) is 108 cm³/mol. The number of hydrogen-bond donors (Lipinski definition) is 2. The van der Waals surface area contributed by atoms with Crippen molar-refractivity contribution in [1.82, 2.24) is 14.8 Å². The van der Waals surface area contributed by atoms with E-state index in [0.717, 1.165) is 43.6 Å². The summed E-state index contributed by atoms with van der Waals surface area (Å²) >= 11 is 1.52. The van der Waals surface area contributed by atoms with E-state index in [4.69, 9.17) is 5.11 Å². The van der Waals surface area contributed by atoms with Gasteiger partial charge in [-0.3, -0.25) is 4.79 Å². The number of nitrogens with zero attached hydrogens (tertiary/aromatic N) is 3. The second kappa shape index (κ2) is 11.3. The van der Waals surface area contributed by atoms with Crippen molar-refractivity contribution < 1.29 is 23.8 Å². The highest BCUT2D eigenvalue weighted by Gasteiger charge is 2.39. The molecule has 160 valence electrons. The number of rotatable bonds is 13. The molecule has 0 radical (unpaired) electrons. The van der Waals surface area contributed by atoms with Crippen LogP contribution >= 0.6 is 11.8 Å². The highest BCUT2D eigenvalue weighted by Crippen LogP contribution is 2.36. The molecule has 1 aromatic carbocycles. The van der Waals surface area contributed by atoms with Gasteiger partial charge >= 0.3 is 5.97 Å². The first kappa shape index (κ1) is 23.3. The molecule has 0 unspecified atom stereocenters. The molecule has 0 bridgehead atoms. The lowest BCUT2D eigenvalue weighted by Gasteiger charge is -2.34. The van der Waals surface area contributed by atoms with Gasteiger partial charge in [0.15, 0.2) is 0 Å². The fraction of sp³-hybridized carbons (Fsp3) is 0.550. The molecule has 2 rings (SSSR count). The summed E-state index contributed by atoms with van der Waals surface area (Å²) in [7, 11) is 0. The Balaban J connectivity index is 1.95. The van der Waals surface area contributed by atoms with Gasteiger partial charge in [-0.15, -0.1) is 0 Å². The molecule has 1 aromatic heterocycles. The van der Waals surface area contributed by atoms with Gasteiger partial charge in [-0.2, -0.15) is 16.9 Å². The van der Waals surface area contributed by atoms with Crippen LogP contribution in [0.5, 0.6) is 0 Å². The summed E-state index contributed by atoms with van der Waals surface area (Å²) in [6, 6.07) is 3.19. The molecule has 0 aliphatic carbocycles. The first-order valence-electron chi connectivity index (χ1n) is 9.66. The van der Waals surface area contributed by atoms with Gasteiger partial charge in [-0.05, 0) is 24.7 Å². The van der Waals surface area contributed by atoms with E-state index in [1.807, 2.05) is 6.92 Å². The van der Waals surface area contributed by atoms with E-state index in [0.29, 0.717) is 6.42 Å². The molecule has 0 saturated heterocycles. The second-order valence-electron chi connectivity index (χ2n) is 7.07. The van der Waals surface area contributed by atoms with Crippen molar-refractivity contribution >= 4 is 17.7 Å². The third-order valence-electron chi connectivity index (χ3n) is 4.84. The summed E-state index contributed by atoms with van der Waals surface area (Å²) in [6.07, 6.45) is 7.37. The topological polar surface area (TPSA) is 88.2 Å². The van der Waals surface area contributed by atoms with Gasteiger partial charge in [0.25, 0.3) is 0 Å². The van der Waals surface area contributed by atoms with Gasteiger partial charge in [-0.1, -0.05) is 32.3 Å². The molecular formula is C20H27F2N3O3S. The Hall–Kier alpha value is -2.00. The van der Waals surface area contributed by atoms with Gasteiger partial charge in [0.05, 0.1) is 6.54 Å². The van der Waals surface area contributed by atoms with Crippen LogP contribution in [-0.2, 0) is 16.9 Å². The number of benzene rings is 1. The van der Waals surface area contributed by atoms with E-state index in [1.54, 1.807) is 0 Å². The quantitative estimate of drug-likeness (QED) is 0.470. The van der Waals surface area contributed by atoms with Crippen molar-refractivity contribution in [3.8, 4) is 0 Å². The summed E-state index contributed by atoms with van der Waals surface area (Å²) in [5, 5.41) is 23.6. The van der Waals surface area contributed by atoms with Crippen molar-refractivity contribution in [3.05, 3.63) is 48.1 Å². The lowest BCUT2D eigenvalue weighted by Crippen LogP contribution is -2.41. The average Bonchev–Trinajstić information content (AvgIpc) is 3.16. The van der Waals surface area contributed by atoms with Gasteiger partial charge in [0.2, 0.25) is 0 Å². The fourth-order valence-electron chi connectivity index (χ4n) is 3.14. The number of halogens is 2. The molecule has 29 heavy (non-hydrogen) atoms.